The number of carbonyl (C=O) groups is 1. The number of thioether (sulfide) groups is 1. The summed E-state index contributed by atoms with van der Waals surface area (Å²) in [5.74, 6) is 0.615. The van der Waals surface area contributed by atoms with Crippen LogP contribution in [0.3, 0.4) is 0 Å². The van der Waals surface area contributed by atoms with Gasteiger partial charge in [-0.1, -0.05) is 65.4 Å². The average molecular weight is 542 g/mol. The van der Waals surface area contributed by atoms with Crippen LogP contribution in [0.4, 0.5) is 5.69 Å². The molecule has 1 aliphatic heterocycles. The number of carbonyl (C=O) groups excluding carboxylic acids is 1. The first-order valence-corrected chi connectivity index (χ1v) is 12.4. The van der Waals surface area contributed by atoms with E-state index in [0.717, 1.165) is 11.8 Å². The molecular formula is C25H17Cl2N3O3S2. The molecule has 176 valence electrons. The molecule has 1 saturated heterocycles. The van der Waals surface area contributed by atoms with E-state index in [1.54, 1.807) is 55.1 Å². The number of hydrogen-bond donors (Lipinski definition) is 0. The van der Waals surface area contributed by atoms with E-state index in [4.69, 9.17) is 39.8 Å². The number of hydrogen-bond acceptors (Lipinski definition) is 5. The van der Waals surface area contributed by atoms with Crippen molar-refractivity contribution in [3.8, 4) is 17.0 Å². The first kappa shape index (κ1) is 23.7. The molecule has 2 aromatic heterocycles. The Balaban J connectivity index is 1.49. The van der Waals surface area contributed by atoms with Gasteiger partial charge in [0, 0.05) is 23.7 Å². The molecule has 0 N–H and O–H groups in total. The fourth-order valence-corrected chi connectivity index (χ4v) is 5.62. The number of anilines is 1. The van der Waals surface area contributed by atoms with Crippen molar-refractivity contribution >= 4 is 69.2 Å². The van der Waals surface area contributed by atoms with Crippen LogP contribution < -0.4 is 10.5 Å². The number of furan rings is 1. The van der Waals surface area contributed by atoms with Crippen LogP contribution >= 0.6 is 47.2 Å². The topological polar surface area (TPSA) is 60.4 Å². The summed E-state index contributed by atoms with van der Waals surface area (Å²) in [5.41, 5.74) is 1.90. The van der Waals surface area contributed by atoms with Gasteiger partial charge in [0.25, 0.3) is 11.5 Å². The number of rotatable bonds is 4. The average Bonchev–Trinajstić information content (AvgIpc) is 3.45. The number of benzene rings is 2. The summed E-state index contributed by atoms with van der Waals surface area (Å²) in [5, 5.41) is 0.982. The van der Waals surface area contributed by atoms with Gasteiger partial charge >= 0.3 is 0 Å². The third-order valence-corrected chi connectivity index (χ3v) is 7.49. The molecule has 0 unspecified atom stereocenters. The molecule has 1 fully saturated rings. The molecule has 10 heteroatoms. The molecule has 1 aliphatic rings. The van der Waals surface area contributed by atoms with E-state index >= 15 is 0 Å². The van der Waals surface area contributed by atoms with Gasteiger partial charge < -0.3 is 4.42 Å². The van der Waals surface area contributed by atoms with Crippen LogP contribution in [0, 0.1) is 6.92 Å². The number of amides is 1. The maximum atomic E-state index is 13.4. The van der Waals surface area contributed by atoms with Crippen molar-refractivity contribution in [3.05, 3.63) is 97.4 Å². The summed E-state index contributed by atoms with van der Waals surface area (Å²) in [7, 11) is 1.77. The van der Waals surface area contributed by atoms with Gasteiger partial charge in [0.15, 0.2) is 4.32 Å². The Morgan fingerprint density at radius 2 is 1.77 bits per heavy atom. The van der Waals surface area contributed by atoms with Gasteiger partial charge in [-0.25, -0.2) is 4.68 Å². The number of nitrogens with zero attached hydrogens (tertiary/aromatic N) is 3. The smallest absolute Gasteiger partial charge is 0.296 e. The molecule has 0 radical (unpaired) electrons. The highest BCUT2D eigenvalue weighted by Gasteiger charge is 2.38. The van der Waals surface area contributed by atoms with Crippen molar-refractivity contribution in [1.29, 1.82) is 0 Å². The maximum absolute atomic E-state index is 13.4. The van der Waals surface area contributed by atoms with Gasteiger partial charge in [0.05, 0.1) is 21.3 Å². The standard InChI is InChI=1S/C25H17Cl2N3O3S2/c1-14-22(24(32)30(28(14)2)16-6-4-3-5-7-16)29-23(31)21(35-25(29)34)13-17-9-11-20(33-17)18-10-8-15(26)12-19(18)27/h3-13H,1-2H3. The Kier molecular flexibility index (Phi) is 6.23. The fourth-order valence-electron chi connectivity index (χ4n) is 3.87. The number of thiocarbonyl (C=S) groups is 1. The van der Waals surface area contributed by atoms with Crippen molar-refractivity contribution in [2.45, 2.75) is 6.92 Å². The Morgan fingerprint density at radius 3 is 2.49 bits per heavy atom. The third kappa shape index (κ3) is 4.16. The lowest BCUT2D eigenvalue weighted by Gasteiger charge is -2.12. The van der Waals surface area contributed by atoms with Crippen molar-refractivity contribution in [1.82, 2.24) is 9.36 Å². The van der Waals surface area contributed by atoms with Crippen molar-refractivity contribution in [3.63, 3.8) is 0 Å². The number of aromatic nitrogens is 2. The van der Waals surface area contributed by atoms with Gasteiger partial charge in [-0.3, -0.25) is 19.2 Å². The van der Waals surface area contributed by atoms with E-state index in [1.165, 1.54) is 9.58 Å². The van der Waals surface area contributed by atoms with Crippen LogP contribution in [0.1, 0.15) is 11.5 Å². The lowest BCUT2D eigenvalue weighted by Crippen LogP contribution is -2.33. The van der Waals surface area contributed by atoms with E-state index in [1.807, 2.05) is 30.3 Å². The normalized spacial score (nSPS) is 15.0. The molecule has 0 spiro atoms. The highest BCUT2D eigenvalue weighted by molar-refractivity contribution is 8.27. The van der Waals surface area contributed by atoms with Gasteiger partial charge in [-0.2, -0.15) is 0 Å². The fraction of sp³-hybridized carbons (Fsp3) is 0.0800. The Hall–Kier alpha value is -3.04. The predicted molar refractivity (Wildman–Crippen MR) is 146 cm³/mol. The van der Waals surface area contributed by atoms with Gasteiger partial charge in [0.2, 0.25) is 0 Å². The molecule has 35 heavy (non-hydrogen) atoms. The van der Waals surface area contributed by atoms with Crippen molar-refractivity contribution in [2.75, 3.05) is 4.90 Å². The summed E-state index contributed by atoms with van der Waals surface area (Å²) >= 11 is 18.9. The molecule has 0 bridgehead atoms. The molecule has 5 rings (SSSR count). The molecule has 6 nitrogen and oxygen atoms in total. The third-order valence-electron chi connectivity index (χ3n) is 5.64. The van der Waals surface area contributed by atoms with Crippen LogP contribution in [0.5, 0.6) is 0 Å². The molecular weight excluding hydrogens is 525 g/mol. The van der Waals surface area contributed by atoms with Crippen LogP contribution in [0.25, 0.3) is 23.1 Å². The zero-order chi connectivity index (χ0) is 24.9. The second-order valence-electron chi connectivity index (χ2n) is 7.75. The van der Waals surface area contributed by atoms with Crippen molar-refractivity contribution < 1.29 is 9.21 Å². The first-order valence-electron chi connectivity index (χ1n) is 10.4. The molecule has 1 amide bonds. The molecule has 0 saturated carbocycles. The summed E-state index contributed by atoms with van der Waals surface area (Å²) in [6.45, 7) is 1.78. The monoisotopic (exact) mass is 541 g/mol. The SMILES string of the molecule is Cc1c(N2C(=O)C(=Cc3ccc(-c4ccc(Cl)cc4Cl)o3)SC2=S)c(=O)n(-c2ccccc2)n1C. The highest BCUT2D eigenvalue weighted by Crippen LogP contribution is 2.37. The van der Waals surface area contributed by atoms with E-state index in [-0.39, 0.29) is 21.5 Å². The quantitative estimate of drug-likeness (QED) is 0.219. The lowest BCUT2D eigenvalue weighted by molar-refractivity contribution is -0.113. The molecule has 2 aromatic carbocycles. The van der Waals surface area contributed by atoms with E-state index in [2.05, 4.69) is 0 Å². The van der Waals surface area contributed by atoms with E-state index in [0.29, 0.717) is 43.4 Å². The zero-order valence-electron chi connectivity index (χ0n) is 18.5. The maximum Gasteiger partial charge on any atom is 0.296 e. The zero-order valence-corrected chi connectivity index (χ0v) is 21.6. The van der Waals surface area contributed by atoms with Gasteiger partial charge in [-0.15, -0.1) is 0 Å². The lowest BCUT2D eigenvalue weighted by atomic mass is 10.2. The van der Waals surface area contributed by atoms with E-state index < -0.39 is 0 Å². The van der Waals surface area contributed by atoms with Crippen LogP contribution in [-0.2, 0) is 11.8 Å². The minimum Gasteiger partial charge on any atom is -0.457 e. The second-order valence-corrected chi connectivity index (χ2v) is 10.3. The van der Waals surface area contributed by atoms with Gasteiger partial charge in [-0.05, 0) is 49.4 Å². The second kappa shape index (κ2) is 9.20. The number of halogens is 2. The number of para-hydroxylation sites is 1. The Bertz CT molecular complexity index is 1590. The summed E-state index contributed by atoms with van der Waals surface area (Å²) in [4.78, 5) is 28.4. The van der Waals surface area contributed by atoms with E-state index in [9.17, 15) is 9.59 Å². The molecule has 4 aromatic rings. The predicted octanol–water partition coefficient (Wildman–Crippen LogP) is 6.46. The van der Waals surface area contributed by atoms with Crippen LogP contribution in [0.15, 0.2) is 74.8 Å². The molecule has 3 heterocycles. The summed E-state index contributed by atoms with van der Waals surface area (Å²) in [6.07, 6.45) is 1.61. The van der Waals surface area contributed by atoms with Crippen LogP contribution in [0.2, 0.25) is 10.0 Å². The van der Waals surface area contributed by atoms with Crippen LogP contribution in [-0.4, -0.2) is 19.6 Å². The Morgan fingerprint density at radius 1 is 1.03 bits per heavy atom. The molecule has 0 atom stereocenters. The largest absolute Gasteiger partial charge is 0.457 e. The Labute approximate surface area is 220 Å². The van der Waals surface area contributed by atoms with Gasteiger partial charge in [0.1, 0.15) is 17.2 Å². The first-order chi connectivity index (χ1) is 16.8. The summed E-state index contributed by atoms with van der Waals surface area (Å²) in [6, 6.07) is 17.9. The highest BCUT2D eigenvalue weighted by atomic mass is 35.5. The molecule has 0 aliphatic carbocycles. The minimum absolute atomic E-state index is 0.232. The minimum atomic E-state index is -0.381. The van der Waals surface area contributed by atoms with Crippen molar-refractivity contribution in [2.24, 2.45) is 7.05 Å². The summed E-state index contributed by atoms with van der Waals surface area (Å²) < 4.78 is 9.41.